The van der Waals surface area contributed by atoms with Crippen LogP contribution in [0.25, 0.3) is 5.82 Å². The van der Waals surface area contributed by atoms with Crippen molar-refractivity contribution in [2.24, 2.45) is 0 Å². The molecule has 0 radical (unpaired) electrons. The molecule has 2 aromatic heterocycles. The number of nitrogens with zero attached hydrogens (tertiary/aromatic N) is 3. The standard InChI is InChI=1S/C20H21FN4O/c1-14-17(15(2)25(24-14)19-9-5-6-11-22-19)10-12-23-20(26)13-16-7-3-4-8-18(16)21/h3-9,11H,10,12-13H2,1-2H3,(H,23,26). The molecular formula is C20H21FN4O. The van der Waals surface area contributed by atoms with Crippen molar-refractivity contribution < 1.29 is 9.18 Å². The molecule has 0 unspecified atom stereocenters. The summed E-state index contributed by atoms with van der Waals surface area (Å²) >= 11 is 0. The van der Waals surface area contributed by atoms with E-state index in [1.54, 1.807) is 24.4 Å². The van der Waals surface area contributed by atoms with E-state index in [0.717, 1.165) is 22.8 Å². The van der Waals surface area contributed by atoms with Crippen LogP contribution in [-0.4, -0.2) is 27.2 Å². The van der Waals surface area contributed by atoms with E-state index in [1.165, 1.54) is 6.07 Å². The second-order valence-electron chi connectivity index (χ2n) is 6.12. The van der Waals surface area contributed by atoms with Gasteiger partial charge in [0.05, 0.1) is 12.1 Å². The van der Waals surface area contributed by atoms with E-state index in [-0.39, 0.29) is 18.1 Å². The molecule has 5 nitrogen and oxygen atoms in total. The topological polar surface area (TPSA) is 59.8 Å². The number of carbonyl (C=O) groups is 1. The molecule has 0 saturated carbocycles. The Labute approximate surface area is 151 Å². The fourth-order valence-electron chi connectivity index (χ4n) is 2.94. The number of carbonyl (C=O) groups excluding carboxylic acids is 1. The van der Waals surface area contributed by atoms with Gasteiger partial charge < -0.3 is 5.32 Å². The normalized spacial score (nSPS) is 10.7. The number of hydrogen-bond acceptors (Lipinski definition) is 3. The predicted octanol–water partition coefficient (Wildman–Crippen LogP) is 2.92. The zero-order valence-electron chi connectivity index (χ0n) is 14.9. The van der Waals surface area contributed by atoms with Crippen molar-refractivity contribution in [3.8, 4) is 5.82 Å². The molecule has 1 aromatic carbocycles. The SMILES string of the molecule is Cc1nn(-c2ccccn2)c(C)c1CCNC(=O)Cc1ccccc1F. The summed E-state index contributed by atoms with van der Waals surface area (Å²) in [6.07, 6.45) is 2.43. The lowest BCUT2D eigenvalue weighted by Crippen LogP contribution is -2.27. The molecule has 0 saturated heterocycles. The van der Waals surface area contributed by atoms with Gasteiger partial charge in [-0.3, -0.25) is 4.79 Å². The lowest BCUT2D eigenvalue weighted by Gasteiger charge is -2.07. The Morgan fingerprint density at radius 1 is 1.15 bits per heavy atom. The Kier molecular flexibility index (Phi) is 5.41. The molecule has 2 heterocycles. The molecule has 134 valence electrons. The van der Waals surface area contributed by atoms with Gasteiger partial charge in [-0.15, -0.1) is 0 Å². The van der Waals surface area contributed by atoms with Crippen LogP contribution in [0.4, 0.5) is 4.39 Å². The monoisotopic (exact) mass is 352 g/mol. The van der Waals surface area contributed by atoms with Crippen molar-refractivity contribution in [3.05, 3.63) is 77.0 Å². The molecule has 26 heavy (non-hydrogen) atoms. The highest BCUT2D eigenvalue weighted by Crippen LogP contribution is 2.17. The van der Waals surface area contributed by atoms with Crippen LogP contribution in [-0.2, 0) is 17.6 Å². The molecule has 0 spiro atoms. The summed E-state index contributed by atoms with van der Waals surface area (Å²) in [4.78, 5) is 16.4. The molecule has 0 bridgehead atoms. The molecule has 0 atom stereocenters. The minimum Gasteiger partial charge on any atom is -0.355 e. The van der Waals surface area contributed by atoms with E-state index in [0.29, 0.717) is 18.5 Å². The average molecular weight is 352 g/mol. The highest BCUT2D eigenvalue weighted by molar-refractivity contribution is 5.78. The fourth-order valence-corrected chi connectivity index (χ4v) is 2.94. The van der Waals surface area contributed by atoms with Gasteiger partial charge in [0, 0.05) is 18.4 Å². The highest BCUT2D eigenvalue weighted by atomic mass is 19.1. The Morgan fingerprint density at radius 2 is 1.92 bits per heavy atom. The molecular weight excluding hydrogens is 331 g/mol. The van der Waals surface area contributed by atoms with Crippen LogP contribution in [0.2, 0.25) is 0 Å². The summed E-state index contributed by atoms with van der Waals surface area (Å²) in [7, 11) is 0. The Morgan fingerprint density at radius 3 is 2.65 bits per heavy atom. The van der Waals surface area contributed by atoms with E-state index in [4.69, 9.17) is 0 Å². The average Bonchev–Trinajstić information content (AvgIpc) is 2.92. The molecule has 3 rings (SSSR count). The van der Waals surface area contributed by atoms with Gasteiger partial charge in [0.1, 0.15) is 5.82 Å². The summed E-state index contributed by atoms with van der Waals surface area (Å²) < 4.78 is 15.4. The second kappa shape index (κ2) is 7.91. The lowest BCUT2D eigenvalue weighted by atomic mass is 10.1. The van der Waals surface area contributed by atoms with Gasteiger partial charge >= 0.3 is 0 Å². The zero-order chi connectivity index (χ0) is 18.5. The smallest absolute Gasteiger partial charge is 0.224 e. The van der Waals surface area contributed by atoms with Gasteiger partial charge in [0.15, 0.2) is 5.82 Å². The van der Waals surface area contributed by atoms with Gasteiger partial charge in [-0.1, -0.05) is 24.3 Å². The van der Waals surface area contributed by atoms with Crippen molar-refractivity contribution >= 4 is 5.91 Å². The molecule has 0 aliphatic rings. The minimum absolute atomic E-state index is 0.0395. The number of aromatic nitrogens is 3. The zero-order valence-corrected chi connectivity index (χ0v) is 14.9. The third-order valence-corrected chi connectivity index (χ3v) is 4.31. The van der Waals surface area contributed by atoms with Gasteiger partial charge in [0.2, 0.25) is 5.91 Å². The van der Waals surface area contributed by atoms with E-state index < -0.39 is 0 Å². The van der Waals surface area contributed by atoms with Gasteiger partial charge in [-0.25, -0.2) is 14.1 Å². The summed E-state index contributed by atoms with van der Waals surface area (Å²) in [5, 5.41) is 7.40. The van der Waals surface area contributed by atoms with Crippen molar-refractivity contribution in [2.45, 2.75) is 26.7 Å². The van der Waals surface area contributed by atoms with Crippen molar-refractivity contribution in [1.29, 1.82) is 0 Å². The van der Waals surface area contributed by atoms with Crippen LogP contribution in [0.3, 0.4) is 0 Å². The first-order chi connectivity index (χ1) is 12.6. The van der Waals surface area contributed by atoms with Crippen molar-refractivity contribution in [3.63, 3.8) is 0 Å². The summed E-state index contributed by atoms with van der Waals surface area (Å²) in [6, 6.07) is 12.0. The first-order valence-electron chi connectivity index (χ1n) is 8.53. The quantitative estimate of drug-likeness (QED) is 0.742. The minimum atomic E-state index is -0.356. The molecule has 0 aliphatic heterocycles. The summed E-state index contributed by atoms with van der Waals surface area (Å²) in [6.45, 7) is 4.41. The summed E-state index contributed by atoms with van der Waals surface area (Å²) in [5.74, 6) is 0.219. The third kappa shape index (κ3) is 3.96. The van der Waals surface area contributed by atoms with Crippen LogP contribution < -0.4 is 5.32 Å². The molecule has 0 fully saturated rings. The lowest BCUT2D eigenvalue weighted by molar-refractivity contribution is -0.120. The maximum Gasteiger partial charge on any atom is 0.224 e. The Balaban J connectivity index is 1.61. The van der Waals surface area contributed by atoms with Crippen molar-refractivity contribution in [1.82, 2.24) is 20.1 Å². The van der Waals surface area contributed by atoms with Crippen LogP contribution in [0.5, 0.6) is 0 Å². The Bertz CT molecular complexity index is 905. The van der Waals surface area contributed by atoms with Crippen LogP contribution >= 0.6 is 0 Å². The van der Waals surface area contributed by atoms with Gasteiger partial charge in [-0.2, -0.15) is 5.10 Å². The van der Waals surface area contributed by atoms with Gasteiger partial charge in [0.25, 0.3) is 0 Å². The third-order valence-electron chi connectivity index (χ3n) is 4.31. The Hall–Kier alpha value is -3.02. The van der Waals surface area contributed by atoms with E-state index in [1.807, 2.05) is 36.7 Å². The van der Waals surface area contributed by atoms with E-state index in [2.05, 4.69) is 15.4 Å². The number of nitrogens with one attached hydrogen (secondary N) is 1. The predicted molar refractivity (Wildman–Crippen MR) is 97.7 cm³/mol. The maximum absolute atomic E-state index is 13.6. The second-order valence-corrected chi connectivity index (χ2v) is 6.12. The first kappa shape index (κ1) is 17.8. The fraction of sp³-hybridized carbons (Fsp3) is 0.250. The van der Waals surface area contributed by atoms with Crippen molar-refractivity contribution in [2.75, 3.05) is 6.54 Å². The van der Waals surface area contributed by atoms with Crippen LogP contribution in [0, 0.1) is 19.7 Å². The molecule has 3 aromatic rings. The highest BCUT2D eigenvalue weighted by Gasteiger charge is 2.14. The summed E-state index contributed by atoms with van der Waals surface area (Å²) in [5.41, 5.74) is 3.41. The van der Waals surface area contributed by atoms with Gasteiger partial charge in [-0.05, 0) is 49.6 Å². The largest absolute Gasteiger partial charge is 0.355 e. The molecule has 0 aliphatic carbocycles. The number of halogens is 1. The number of pyridine rings is 1. The number of benzene rings is 1. The molecule has 6 heteroatoms. The van der Waals surface area contributed by atoms with E-state index >= 15 is 0 Å². The molecule has 1 N–H and O–H groups in total. The maximum atomic E-state index is 13.6. The first-order valence-corrected chi connectivity index (χ1v) is 8.53. The van der Waals surface area contributed by atoms with Crippen LogP contribution in [0.15, 0.2) is 48.7 Å². The number of hydrogen-bond donors (Lipinski definition) is 1. The van der Waals surface area contributed by atoms with Crippen LogP contribution in [0.1, 0.15) is 22.5 Å². The number of rotatable bonds is 6. The molecule has 1 amide bonds. The van der Waals surface area contributed by atoms with E-state index in [9.17, 15) is 9.18 Å². The number of aryl methyl sites for hydroxylation is 1. The number of amides is 1.